The minimum atomic E-state index is 0.627. The molecule has 0 spiro atoms. The molecule has 0 aliphatic carbocycles. The Labute approximate surface area is 99.6 Å². The highest BCUT2D eigenvalue weighted by atomic mass is 32.1. The average Bonchev–Trinajstić information content (AvgIpc) is 2.28. The van der Waals surface area contributed by atoms with Crippen LogP contribution in [0.3, 0.4) is 0 Å². The molecule has 0 aromatic carbocycles. The Kier molecular flexibility index (Phi) is 3.10. The second-order valence-corrected chi connectivity index (χ2v) is 4.06. The van der Waals surface area contributed by atoms with Crippen LogP contribution in [-0.4, -0.2) is 15.0 Å². The molecule has 16 heavy (non-hydrogen) atoms. The lowest BCUT2D eigenvalue weighted by molar-refractivity contribution is 0.996. The first-order valence-electron chi connectivity index (χ1n) is 5.22. The van der Waals surface area contributed by atoms with E-state index < -0.39 is 0 Å². The van der Waals surface area contributed by atoms with E-state index in [-0.39, 0.29) is 0 Å². The molecular formula is C12H13N3S. The lowest BCUT2D eigenvalue weighted by Crippen LogP contribution is -1.96. The van der Waals surface area contributed by atoms with Crippen molar-refractivity contribution in [1.82, 2.24) is 15.0 Å². The number of aromatic amines is 1. The van der Waals surface area contributed by atoms with Crippen LogP contribution in [0.15, 0.2) is 24.5 Å². The molecule has 3 nitrogen and oxygen atoms in total. The minimum absolute atomic E-state index is 0.627. The summed E-state index contributed by atoms with van der Waals surface area (Å²) in [5, 5.41) is 0. The largest absolute Gasteiger partial charge is 0.343 e. The van der Waals surface area contributed by atoms with E-state index in [2.05, 4.69) is 21.9 Å². The first-order chi connectivity index (χ1) is 7.70. The maximum absolute atomic E-state index is 5.15. The summed E-state index contributed by atoms with van der Waals surface area (Å²) in [5.74, 6) is 0.823. The standard InChI is InChI=1S/C12H13N3S/c1-3-9-6-11(16)15-12(14-9)10-4-5-13-7-8(10)2/h4-7H,3H2,1-2H3,(H,14,15,16). The summed E-state index contributed by atoms with van der Waals surface area (Å²) in [6.45, 7) is 4.10. The quantitative estimate of drug-likeness (QED) is 0.808. The Balaban J connectivity index is 2.60. The van der Waals surface area contributed by atoms with Crippen molar-refractivity contribution in [3.05, 3.63) is 40.4 Å². The number of pyridine rings is 1. The van der Waals surface area contributed by atoms with E-state index in [1.807, 2.05) is 25.3 Å². The summed E-state index contributed by atoms with van der Waals surface area (Å²) >= 11 is 5.15. The molecule has 0 radical (unpaired) electrons. The highest BCUT2D eigenvalue weighted by Crippen LogP contribution is 2.18. The number of aromatic nitrogens is 3. The van der Waals surface area contributed by atoms with E-state index in [1.165, 1.54) is 0 Å². The summed E-state index contributed by atoms with van der Waals surface area (Å²) in [6, 6.07) is 3.84. The fourth-order valence-corrected chi connectivity index (χ4v) is 1.80. The Hall–Kier alpha value is -1.55. The van der Waals surface area contributed by atoms with Crippen LogP contribution in [-0.2, 0) is 6.42 Å². The van der Waals surface area contributed by atoms with E-state index in [1.54, 1.807) is 6.20 Å². The van der Waals surface area contributed by atoms with Crippen molar-refractivity contribution in [2.75, 3.05) is 0 Å². The number of nitrogens with one attached hydrogen (secondary N) is 1. The third-order valence-corrected chi connectivity index (χ3v) is 2.66. The topological polar surface area (TPSA) is 41.6 Å². The number of hydrogen-bond acceptors (Lipinski definition) is 3. The van der Waals surface area contributed by atoms with Gasteiger partial charge in [0.05, 0.1) is 0 Å². The Bertz CT molecular complexity index is 560. The van der Waals surface area contributed by atoms with Crippen LogP contribution in [0.5, 0.6) is 0 Å². The SMILES string of the molecule is CCc1cc(=S)nc(-c2ccncc2C)[nH]1. The van der Waals surface area contributed by atoms with Gasteiger partial charge in [0, 0.05) is 23.7 Å². The first-order valence-corrected chi connectivity index (χ1v) is 5.62. The zero-order valence-electron chi connectivity index (χ0n) is 9.32. The van der Waals surface area contributed by atoms with Gasteiger partial charge in [0.2, 0.25) is 0 Å². The predicted octanol–water partition coefficient (Wildman–Crippen LogP) is 3.07. The monoisotopic (exact) mass is 231 g/mol. The molecule has 0 unspecified atom stereocenters. The van der Waals surface area contributed by atoms with Gasteiger partial charge in [0.25, 0.3) is 0 Å². The molecule has 2 heterocycles. The van der Waals surface area contributed by atoms with Gasteiger partial charge in [0.15, 0.2) is 0 Å². The van der Waals surface area contributed by atoms with Gasteiger partial charge in [-0.2, -0.15) is 0 Å². The average molecular weight is 231 g/mol. The van der Waals surface area contributed by atoms with Crippen molar-refractivity contribution in [1.29, 1.82) is 0 Å². The van der Waals surface area contributed by atoms with E-state index in [4.69, 9.17) is 12.2 Å². The van der Waals surface area contributed by atoms with Crippen LogP contribution in [0.1, 0.15) is 18.2 Å². The van der Waals surface area contributed by atoms with Crippen LogP contribution >= 0.6 is 12.2 Å². The second-order valence-electron chi connectivity index (χ2n) is 3.64. The fraction of sp³-hybridized carbons (Fsp3) is 0.250. The first kappa shape index (κ1) is 11.0. The summed E-state index contributed by atoms with van der Waals surface area (Å²) in [7, 11) is 0. The van der Waals surface area contributed by atoms with E-state index in [0.717, 1.165) is 29.1 Å². The molecule has 4 heteroatoms. The van der Waals surface area contributed by atoms with Gasteiger partial charge in [-0.25, -0.2) is 4.98 Å². The van der Waals surface area contributed by atoms with E-state index in [9.17, 15) is 0 Å². The molecule has 0 amide bonds. The molecule has 82 valence electrons. The summed E-state index contributed by atoms with van der Waals surface area (Å²) in [4.78, 5) is 11.7. The zero-order chi connectivity index (χ0) is 11.5. The maximum Gasteiger partial charge on any atom is 0.139 e. The smallest absolute Gasteiger partial charge is 0.139 e. The number of H-pyrrole nitrogens is 1. The minimum Gasteiger partial charge on any atom is -0.343 e. The normalized spacial score (nSPS) is 10.4. The molecule has 2 aromatic heterocycles. The molecule has 2 aromatic rings. The molecule has 0 saturated heterocycles. The number of nitrogens with zero attached hydrogens (tertiary/aromatic N) is 2. The van der Waals surface area contributed by atoms with Crippen LogP contribution in [0.4, 0.5) is 0 Å². The van der Waals surface area contributed by atoms with Gasteiger partial charge >= 0.3 is 0 Å². The highest BCUT2D eigenvalue weighted by Gasteiger charge is 2.04. The summed E-state index contributed by atoms with van der Waals surface area (Å²) < 4.78 is 0.627. The summed E-state index contributed by atoms with van der Waals surface area (Å²) in [5.41, 5.74) is 3.25. The Morgan fingerprint density at radius 3 is 2.94 bits per heavy atom. The predicted molar refractivity (Wildman–Crippen MR) is 66.8 cm³/mol. The molecule has 0 aliphatic rings. The highest BCUT2D eigenvalue weighted by molar-refractivity contribution is 7.71. The molecule has 0 bridgehead atoms. The van der Waals surface area contributed by atoms with Gasteiger partial charge in [-0.15, -0.1) is 0 Å². The number of hydrogen-bond donors (Lipinski definition) is 1. The van der Waals surface area contributed by atoms with Gasteiger partial charge in [-0.3, -0.25) is 4.98 Å². The number of rotatable bonds is 2. The number of aryl methyl sites for hydroxylation is 2. The Morgan fingerprint density at radius 2 is 2.25 bits per heavy atom. The zero-order valence-corrected chi connectivity index (χ0v) is 10.1. The van der Waals surface area contributed by atoms with Crippen molar-refractivity contribution in [2.24, 2.45) is 0 Å². The molecule has 0 saturated carbocycles. The third-order valence-electron chi connectivity index (χ3n) is 2.45. The van der Waals surface area contributed by atoms with Gasteiger partial charge < -0.3 is 4.98 Å². The van der Waals surface area contributed by atoms with Crippen molar-refractivity contribution < 1.29 is 0 Å². The molecule has 1 N–H and O–H groups in total. The molecule has 0 atom stereocenters. The van der Waals surface area contributed by atoms with Crippen molar-refractivity contribution >= 4 is 12.2 Å². The molecule has 0 aliphatic heterocycles. The van der Waals surface area contributed by atoms with Crippen LogP contribution in [0.2, 0.25) is 0 Å². The van der Waals surface area contributed by atoms with Crippen molar-refractivity contribution in [3.8, 4) is 11.4 Å². The second kappa shape index (κ2) is 4.53. The van der Waals surface area contributed by atoms with Crippen LogP contribution in [0.25, 0.3) is 11.4 Å². The summed E-state index contributed by atoms with van der Waals surface area (Å²) in [6.07, 6.45) is 4.51. The van der Waals surface area contributed by atoms with Crippen molar-refractivity contribution in [3.63, 3.8) is 0 Å². The maximum atomic E-state index is 5.15. The van der Waals surface area contributed by atoms with Gasteiger partial charge in [-0.05, 0) is 31.0 Å². The Morgan fingerprint density at radius 1 is 1.44 bits per heavy atom. The lowest BCUT2D eigenvalue weighted by Gasteiger charge is -2.06. The van der Waals surface area contributed by atoms with Crippen LogP contribution in [0, 0.1) is 11.6 Å². The molecular weight excluding hydrogens is 218 g/mol. The third kappa shape index (κ3) is 2.17. The lowest BCUT2D eigenvalue weighted by atomic mass is 10.1. The van der Waals surface area contributed by atoms with Crippen LogP contribution < -0.4 is 0 Å². The van der Waals surface area contributed by atoms with Crippen molar-refractivity contribution in [2.45, 2.75) is 20.3 Å². The fourth-order valence-electron chi connectivity index (χ4n) is 1.56. The van der Waals surface area contributed by atoms with Gasteiger partial charge in [0.1, 0.15) is 10.5 Å². The van der Waals surface area contributed by atoms with Gasteiger partial charge in [-0.1, -0.05) is 19.1 Å². The molecule has 2 rings (SSSR count). The van der Waals surface area contributed by atoms with E-state index in [0.29, 0.717) is 4.64 Å². The van der Waals surface area contributed by atoms with E-state index >= 15 is 0 Å². The molecule has 0 fully saturated rings.